The zero-order valence-corrected chi connectivity index (χ0v) is 8.98. The minimum Gasteiger partial charge on any atom is -0.481 e. The molecule has 1 aromatic rings. The average molecular weight is 242 g/mol. The van der Waals surface area contributed by atoms with Crippen LogP contribution >= 0.6 is 0 Å². The zero-order chi connectivity index (χ0) is 12.7. The highest BCUT2D eigenvalue weighted by Crippen LogP contribution is 2.15. The molecule has 0 aliphatic carbocycles. The van der Waals surface area contributed by atoms with E-state index in [1.807, 2.05) is 0 Å². The molecule has 0 aromatic heterocycles. The van der Waals surface area contributed by atoms with Gasteiger partial charge in [-0.1, -0.05) is 24.3 Å². The summed E-state index contributed by atoms with van der Waals surface area (Å²) in [5.74, 6) is -0.752. The monoisotopic (exact) mass is 242 g/mol. The zero-order valence-electron chi connectivity index (χ0n) is 8.98. The van der Waals surface area contributed by atoms with Crippen molar-refractivity contribution in [2.75, 3.05) is 0 Å². The van der Waals surface area contributed by atoms with E-state index in [4.69, 9.17) is 5.11 Å². The lowest BCUT2D eigenvalue weighted by molar-refractivity contribution is -0.136. The van der Waals surface area contributed by atoms with Crippen LogP contribution in [0.2, 0.25) is 0 Å². The molecule has 0 bridgehead atoms. The van der Waals surface area contributed by atoms with Gasteiger partial charge in [0.2, 0.25) is 0 Å². The number of hydrogen-bond acceptors (Lipinski definition) is 2. The molecule has 5 heteroatoms. The smallest absolute Gasteiger partial charge is 0.387 e. The summed E-state index contributed by atoms with van der Waals surface area (Å²) in [5.41, 5.74) is 0.803. The number of carbonyl (C=O) groups is 1. The normalized spacial score (nSPS) is 11.0. The maximum Gasteiger partial charge on any atom is 0.387 e. The molecule has 0 amide bonds. The van der Waals surface area contributed by atoms with Crippen molar-refractivity contribution in [3.8, 4) is 5.75 Å². The third-order valence-corrected chi connectivity index (χ3v) is 1.94. The van der Waals surface area contributed by atoms with Gasteiger partial charge in [-0.3, -0.25) is 4.79 Å². The molecule has 1 N–H and O–H groups in total. The molecule has 1 rings (SSSR count). The van der Waals surface area contributed by atoms with Crippen LogP contribution in [-0.2, 0) is 4.79 Å². The van der Waals surface area contributed by atoms with Gasteiger partial charge < -0.3 is 9.84 Å². The Morgan fingerprint density at radius 2 is 2.00 bits per heavy atom. The second-order valence-electron chi connectivity index (χ2n) is 3.28. The van der Waals surface area contributed by atoms with Gasteiger partial charge in [0.25, 0.3) is 0 Å². The van der Waals surface area contributed by atoms with Gasteiger partial charge in [-0.05, 0) is 24.1 Å². The number of carboxylic acids is 1. The first kappa shape index (κ1) is 13.2. The molecular formula is C12H12F2O3. The fourth-order valence-electron chi connectivity index (χ4n) is 1.19. The molecule has 0 fully saturated rings. The van der Waals surface area contributed by atoms with Crippen LogP contribution in [0.3, 0.4) is 0 Å². The number of carboxylic acid groups (broad SMARTS) is 1. The summed E-state index contributed by atoms with van der Waals surface area (Å²) < 4.78 is 27.9. The van der Waals surface area contributed by atoms with Crippen molar-refractivity contribution in [2.24, 2.45) is 0 Å². The van der Waals surface area contributed by atoms with Crippen LogP contribution in [0, 0.1) is 0 Å². The van der Waals surface area contributed by atoms with Gasteiger partial charge in [-0.2, -0.15) is 8.78 Å². The van der Waals surface area contributed by atoms with E-state index in [9.17, 15) is 13.6 Å². The Bertz CT molecular complexity index is 385. The van der Waals surface area contributed by atoms with E-state index in [1.165, 1.54) is 12.1 Å². The van der Waals surface area contributed by atoms with E-state index in [1.54, 1.807) is 24.3 Å². The van der Waals surface area contributed by atoms with Crippen LogP contribution in [0.5, 0.6) is 5.75 Å². The number of rotatable bonds is 6. The van der Waals surface area contributed by atoms with E-state index in [0.717, 1.165) is 5.56 Å². The van der Waals surface area contributed by atoms with Crippen molar-refractivity contribution in [3.63, 3.8) is 0 Å². The van der Waals surface area contributed by atoms with Gasteiger partial charge in [0, 0.05) is 6.42 Å². The topological polar surface area (TPSA) is 46.5 Å². The van der Waals surface area contributed by atoms with Crippen LogP contribution in [0.15, 0.2) is 30.3 Å². The van der Waals surface area contributed by atoms with E-state index < -0.39 is 12.6 Å². The minimum atomic E-state index is -2.83. The second kappa shape index (κ2) is 6.62. The van der Waals surface area contributed by atoms with Crippen molar-refractivity contribution < 1.29 is 23.4 Å². The van der Waals surface area contributed by atoms with Crippen LogP contribution in [0.1, 0.15) is 18.4 Å². The standard InChI is InChI=1S/C12H12F2O3/c13-12(14)17-10-7-5-9(6-8-10)3-1-2-4-11(15)16/h1,3,5-8,12H,2,4H2,(H,15,16). The summed E-state index contributed by atoms with van der Waals surface area (Å²) in [6, 6.07) is 6.11. The summed E-state index contributed by atoms with van der Waals surface area (Å²) in [5, 5.41) is 8.41. The van der Waals surface area contributed by atoms with Crippen molar-refractivity contribution in [1.82, 2.24) is 0 Å². The molecule has 0 atom stereocenters. The highest BCUT2D eigenvalue weighted by Gasteiger charge is 2.02. The van der Waals surface area contributed by atoms with Crippen LogP contribution in [0.25, 0.3) is 6.08 Å². The first-order chi connectivity index (χ1) is 8.08. The Kier molecular flexibility index (Phi) is 5.13. The van der Waals surface area contributed by atoms with Crippen molar-refractivity contribution >= 4 is 12.0 Å². The summed E-state index contributed by atoms with van der Waals surface area (Å²) in [4.78, 5) is 10.2. The maximum atomic E-state index is 11.9. The Morgan fingerprint density at radius 1 is 1.35 bits per heavy atom. The van der Waals surface area contributed by atoms with Crippen molar-refractivity contribution in [1.29, 1.82) is 0 Å². The predicted octanol–water partition coefficient (Wildman–Crippen LogP) is 3.17. The van der Waals surface area contributed by atoms with Crippen LogP contribution in [-0.4, -0.2) is 17.7 Å². The van der Waals surface area contributed by atoms with Gasteiger partial charge in [-0.15, -0.1) is 0 Å². The fourth-order valence-corrected chi connectivity index (χ4v) is 1.19. The molecule has 1 aromatic carbocycles. The lowest BCUT2D eigenvalue weighted by atomic mass is 10.2. The highest BCUT2D eigenvalue weighted by molar-refractivity contribution is 5.67. The SMILES string of the molecule is O=C(O)CCC=Cc1ccc(OC(F)F)cc1. The molecule has 0 spiro atoms. The molecule has 0 aliphatic rings. The number of aliphatic carboxylic acids is 1. The average Bonchev–Trinajstić information content (AvgIpc) is 2.25. The molecular weight excluding hydrogens is 230 g/mol. The first-order valence-corrected chi connectivity index (χ1v) is 5.01. The Labute approximate surface area is 97.3 Å². The number of ether oxygens (including phenoxy) is 1. The predicted molar refractivity (Wildman–Crippen MR) is 59.0 cm³/mol. The Morgan fingerprint density at radius 3 is 2.53 bits per heavy atom. The quantitative estimate of drug-likeness (QED) is 0.833. The lowest BCUT2D eigenvalue weighted by Crippen LogP contribution is -2.01. The lowest BCUT2D eigenvalue weighted by Gasteiger charge is -2.03. The first-order valence-electron chi connectivity index (χ1n) is 5.01. The molecule has 0 heterocycles. The third kappa shape index (κ3) is 5.65. The number of allylic oxidation sites excluding steroid dienone is 1. The number of benzene rings is 1. The highest BCUT2D eigenvalue weighted by atomic mass is 19.3. The molecule has 17 heavy (non-hydrogen) atoms. The van der Waals surface area contributed by atoms with Gasteiger partial charge in [0.05, 0.1) is 0 Å². The van der Waals surface area contributed by atoms with Gasteiger partial charge >= 0.3 is 12.6 Å². The van der Waals surface area contributed by atoms with Crippen molar-refractivity contribution in [3.05, 3.63) is 35.9 Å². The van der Waals surface area contributed by atoms with Crippen LogP contribution < -0.4 is 4.74 Å². The molecule has 0 radical (unpaired) electrons. The van der Waals surface area contributed by atoms with Crippen molar-refractivity contribution in [2.45, 2.75) is 19.5 Å². The largest absolute Gasteiger partial charge is 0.481 e. The third-order valence-electron chi connectivity index (χ3n) is 1.94. The number of alkyl halides is 2. The summed E-state index contributed by atoms with van der Waals surface area (Å²) in [7, 11) is 0. The van der Waals surface area contributed by atoms with E-state index in [2.05, 4.69) is 4.74 Å². The molecule has 3 nitrogen and oxygen atoms in total. The van der Waals surface area contributed by atoms with Gasteiger partial charge in [-0.25, -0.2) is 0 Å². The Hall–Kier alpha value is -1.91. The molecule has 0 unspecified atom stereocenters. The molecule has 0 saturated carbocycles. The maximum absolute atomic E-state index is 11.9. The van der Waals surface area contributed by atoms with E-state index >= 15 is 0 Å². The second-order valence-corrected chi connectivity index (χ2v) is 3.28. The number of halogens is 2. The summed E-state index contributed by atoms with van der Waals surface area (Å²) in [6.07, 6.45) is 3.96. The Balaban J connectivity index is 2.47. The van der Waals surface area contributed by atoms with Gasteiger partial charge in [0.1, 0.15) is 5.75 Å². The van der Waals surface area contributed by atoms with E-state index in [0.29, 0.717) is 6.42 Å². The van der Waals surface area contributed by atoms with E-state index in [-0.39, 0.29) is 12.2 Å². The molecule has 0 aliphatic heterocycles. The molecule has 92 valence electrons. The fraction of sp³-hybridized carbons (Fsp3) is 0.250. The van der Waals surface area contributed by atoms with Gasteiger partial charge in [0.15, 0.2) is 0 Å². The summed E-state index contributed by atoms with van der Waals surface area (Å²) >= 11 is 0. The molecule has 0 saturated heterocycles. The number of hydrogen-bond donors (Lipinski definition) is 1. The summed E-state index contributed by atoms with van der Waals surface area (Å²) in [6.45, 7) is -2.83. The minimum absolute atomic E-state index is 0.0725. The van der Waals surface area contributed by atoms with Crippen LogP contribution in [0.4, 0.5) is 8.78 Å².